The van der Waals surface area contributed by atoms with Gasteiger partial charge in [-0.1, -0.05) is 41.9 Å². The van der Waals surface area contributed by atoms with E-state index >= 15 is 0 Å². The number of thiocarbonyl (C=S) groups is 1. The van der Waals surface area contributed by atoms with E-state index in [4.69, 9.17) is 28.6 Å². The number of rotatable bonds is 4. The van der Waals surface area contributed by atoms with Crippen molar-refractivity contribution in [1.29, 1.82) is 0 Å². The summed E-state index contributed by atoms with van der Waals surface area (Å²) in [7, 11) is 0. The highest BCUT2D eigenvalue weighted by molar-refractivity contribution is 7.80. The molecule has 27 heavy (non-hydrogen) atoms. The zero-order valence-corrected chi connectivity index (χ0v) is 16.2. The SMILES string of the molecule is O=C1CCCC2=C1C(c1ccc(OCc3ccccc3Cl)cc1)NC(=S)N2. The van der Waals surface area contributed by atoms with Gasteiger partial charge in [-0.25, -0.2) is 0 Å². The molecule has 6 heteroatoms. The normalized spacial score (nSPS) is 19.2. The van der Waals surface area contributed by atoms with E-state index in [2.05, 4.69) is 10.6 Å². The lowest BCUT2D eigenvalue weighted by molar-refractivity contribution is -0.116. The first kappa shape index (κ1) is 18.0. The van der Waals surface area contributed by atoms with Crippen molar-refractivity contribution in [3.63, 3.8) is 0 Å². The molecule has 138 valence electrons. The molecule has 0 saturated heterocycles. The van der Waals surface area contributed by atoms with Crippen molar-refractivity contribution in [2.45, 2.75) is 31.9 Å². The predicted octanol–water partition coefficient (Wildman–Crippen LogP) is 4.44. The second-order valence-corrected chi connectivity index (χ2v) is 7.47. The van der Waals surface area contributed by atoms with Gasteiger partial charge in [-0.15, -0.1) is 0 Å². The Morgan fingerprint density at radius 3 is 2.67 bits per heavy atom. The van der Waals surface area contributed by atoms with E-state index in [1.807, 2.05) is 48.5 Å². The summed E-state index contributed by atoms with van der Waals surface area (Å²) in [4.78, 5) is 12.5. The van der Waals surface area contributed by atoms with E-state index in [0.717, 1.165) is 41.0 Å². The van der Waals surface area contributed by atoms with Crippen LogP contribution in [0.5, 0.6) is 5.75 Å². The van der Waals surface area contributed by atoms with Gasteiger partial charge in [0.05, 0.1) is 6.04 Å². The van der Waals surface area contributed by atoms with E-state index in [1.54, 1.807) is 0 Å². The van der Waals surface area contributed by atoms with Gasteiger partial charge < -0.3 is 15.4 Å². The summed E-state index contributed by atoms with van der Waals surface area (Å²) in [6, 6.07) is 15.2. The molecule has 0 saturated carbocycles. The second kappa shape index (κ2) is 7.71. The van der Waals surface area contributed by atoms with E-state index in [0.29, 0.717) is 23.2 Å². The molecule has 2 N–H and O–H groups in total. The molecule has 1 aliphatic carbocycles. The quantitative estimate of drug-likeness (QED) is 0.745. The van der Waals surface area contributed by atoms with Crippen molar-refractivity contribution >= 4 is 34.7 Å². The zero-order valence-electron chi connectivity index (χ0n) is 14.6. The van der Waals surface area contributed by atoms with Gasteiger partial charge in [0.25, 0.3) is 0 Å². The average molecular weight is 399 g/mol. The fraction of sp³-hybridized carbons (Fsp3) is 0.238. The van der Waals surface area contributed by atoms with Gasteiger partial charge in [0.1, 0.15) is 12.4 Å². The van der Waals surface area contributed by atoms with Gasteiger partial charge in [-0.05, 0) is 48.8 Å². The molecular formula is C21H19ClN2O2S. The third-order valence-electron chi connectivity index (χ3n) is 4.85. The van der Waals surface area contributed by atoms with Crippen LogP contribution in [0.15, 0.2) is 59.8 Å². The third-order valence-corrected chi connectivity index (χ3v) is 5.44. The molecule has 2 aliphatic rings. The Labute approximate surface area is 168 Å². The minimum absolute atomic E-state index is 0.183. The maximum Gasteiger partial charge on any atom is 0.171 e. The van der Waals surface area contributed by atoms with Crippen molar-refractivity contribution in [3.05, 3.63) is 76.0 Å². The number of hydrogen-bond acceptors (Lipinski definition) is 3. The number of ketones is 1. The number of ether oxygens (including phenoxy) is 1. The minimum atomic E-state index is -0.209. The number of hydrogen-bond donors (Lipinski definition) is 2. The Morgan fingerprint density at radius 1 is 1.11 bits per heavy atom. The first-order valence-corrected chi connectivity index (χ1v) is 9.70. The third kappa shape index (κ3) is 3.84. The number of nitrogens with one attached hydrogen (secondary N) is 2. The van der Waals surface area contributed by atoms with Gasteiger partial charge in [0.15, 0.2) is 10.9 Å². The van der Waals surface area contributed by atoms with Crippen molar-refractivity contribution in [1.82, 2.24) is 10.6 Å². The highest BCUT2D eigenvalue weighted by Gasteiger charge is 2.33. The van der Waals surface area contributed by atoms with Crippen LogP contribution in [0.4, 0.5) is 0 Å². The lowest BCUT2D eigenvalue weighted by Gasteiger charge is -2.33. The van der Waals surface area contributed by atoms with Crippen LogP contribution in [0, 0.1) is 0 Å². The molecule has 4 nitrogen and oxygen atoms in total. The lowest BCUT2D eigenvalue weighted by Crippen LogP contribution is -2.46. The van der Waals surface area contributed by atoms with Crippen LogP contribution >= 0.6 is 23.8 Å². The summed E-state index contributed by atoms with van der Waals surface area (Å²) in [5, 5.41) is 7.63. The van der Waals surface area contributed by atoms with Crippen LogP contribution in [0.25, 0.3) is 0 Å². The topological polar surface area (TPSA) is 50.4 Å². The molecule has 1 aliphatic heterocycles. The summed E-state index contributed by atoms with van der Waals surface area (Å²) in [5.74, 6) is 0.933. The highest BCUT2D eigenvalue weighted by Crippen LogP contribution is 2.34. The molecule has 1 atom stereocenters. The van der Waals surface area contributed by atoms with Crippen molar-refractivity contribution in [3.8, 4) is 5.75 Å². The highest BCUT2D eigenvalue weighted by atomic mass is 35.5. The van der Waals surface area contributed by atoms with Crippen LogP contribution in [0.3, 0.4) is 0 Å². The molecule has 0 bridgehead atoms. The minimum Gasteiger partial charge on any atom is -0.489 e. The summed E-state index contributed by atoms with van der Waals surface area (Å²) < 4.78 is 5.84. The molecule has 0 aromatic heterocycles. The van der Waals surface area contributed by atoms with Gasteiger partial charge >= 0.3 is 0 Å². The zero-order chi connectivity index (χ0) is 18.8. The van der Waals surface area contributed by atoms with Crippen LogP contribution in [-0.4, -0.2) is 10.9 Å². The number of carbonyl (C=O) groups excluding carboxylic acids is 1. The molecule has 1 unspecified atom stereocenters. The molecule has 0 amide bonds. The van der Waals surface area contributed by atoms with Gasteiger partial charge in [0.2, 0.25) is 0 Å². The number of allylic oxidation sites excluding steroid dienone is 1. The molecule has 0 spiro atoms. The van der Waals surface area contributed by atoms with Gasteiger partial charge in [-0.2, -0.15) is 0 Å². The van der Waals surface area contributed by atoms with Gasteiger partial charge in [0, 0.05) is 28.3 Å². The Morgan fingerprint density at radius 2 is 1.89 bits per heavy atom. The van der Waals surface area contributed by atoms with Crippen LogP contribution < -0.4 is 15.4 Å². The van der Waals surface area contributed by atoms with Crippen LogP contribution in [0.2, 0.25) is 5.02 Å². The number of carbonyl (C=O) groups is 1. The number of halogens is 1. The standard InChI is InChI=1S/C21H19ClN2O2S/c22-16-5-2-1-4-14(16)12-26-15-10-8-13(9-11-15)20-19-17(23-21(27)24-20)6-3-7-18(19)25/h1-2,4-5,8-11,20H,3,6-7,12H2,(H2,23,24,27). The fourth-order valence-electron chi connectivity index (χ4n) is 3.49. The van der Waals surface area contributed by atoms with Crippen molar-refractivity contribution in [2.75, 3.05) is 0 Å². The van der Waals surface area contributed by atoms with E-state index in [1.165, 1.54) is 0 Å². The van der Waals surface area contributed by atoms with Crippen LogP contribution in [-0.2, 0) is 11.4 Å². The van der Waals surface area contributed by atoms with Crippen molar-refractivity contribution in [2.24, 2.45) is 0 Å². The number of benzene rings is 2. The fourth-order valence-corrected chi connectivity index (χ4v) is 3.92. The first-order chi connectivity index (χ1) is 13.1. The van der Waals surface area contributed by atoms with E-state index in [-0.39, 0.29) is 11.8 Å². The lowest BCUT2D eigenvalue weighted by atomic mass is 9.85. The molecule has 0 fully saturated rings. The van der Waals surface area contributed by atoms with E-state index < -0.39 is 0 Å². The van der Waals surface area contributed by atoms with Crippen molar-refractivity contribution < 1.29 is 9.53 Å². The Balaban J connectivity index is 1.52. The molecular weight excluding hydrogens is 380 g/mol. The summed E-state index contributed by atoms with van der Waals surface area (Å²) in [6.45, 7) is 0.405. The maximum atomic E-state index is 12.5. The maximum absolute atomic E-state index is 12.5. The first-order valence-electron chi connectivity index (χ1n) is 8.92. The molecule has 0 radical (unpaired) electrons. The monoisotopic (exact) mass is 398 g/mol. The average Bonchev–Trinajstić information content (AvgIpc) is 2.67. The summed E-state index contributed by atoms with van der Waals surface area (Å²) in [6.07, 6.45) is 2.32. The molecule has 4 rings (SSSR count). The molecule has 1 heterocycles. The summed E-state index contributed by atoms with van der Waals surface area (Å²) >= 11 is 11.5. The summed E-state index contributed by atoms with van der Waals surface area (Å²) in [5.41, 5.74) is 3.70. The smallest absolute Gasteiger partial charge is 0.171 e. The van der Waals surface area contributed by atoms with E-state index in [9.17, 15) is 4.79 Å². The Kier molecular flexibility index (Phi) is 5.14. The van der Waals surface area contributed by atoms with Crippen LogP contribution in [0.1, 0.15) is 36.4 Å². The predicted molar refractivity (Wildman–Crippen MR) is 110 cm³/mol. The molecule has 2 aromatic rings. The Bertz CT molecular complexity index is 924. The number of Topliss-reactive ketones (excluding diaryl/α,β-unsaturated/α-hetero) is 1. The Hall–Kier alpha value is -2.37. The second-order valence-electron chi connectivity index (χ2n) is 6.65. The molecule has 2 aromatic carbocycles. The largest absolute Gasteiger partial charge is 0.489 e. The van der Waals surface area contributed by atoms with Gasteiger partial charge in [-0.3, -0.25) is 4.79 Å².